The standard InChI is InChI=1S/C40H67N5O8/c1-13-26(6)35(44(10)39(49)33(24(2)3)42-38(48)34(25(4)5)43(8)9)31(52-11)23-32(46)45-21-17-20-30(45)36(53-12)27(7)37(47)41-29(40(50)51)22-28-18-15-14-16-19-28/h14-16,18-19,24-27,29-31,33-36H,13,17,20-23H2,1-12H3,(H,41,47)(H,42,48)(H,50,51)/t26-,27+,29-,30-,31+,33?,34?,35-,36+/m0/s1. The number of methoxy groups -OCH3 is 2. The third-order valence-corrected chi connectivity index (χ3v) is 10.8. The first kappa shape index (κ1) is 45.6. The molecule has 300 valence electrons. The maximum Gasteiger partial charge on any atom is 0.326 e. The second kappa shape index (κ2) is 21.4. The number of carbonyl (C=O) groups is 5. The van der Waals surface area contributed by atoms with E-state index in [-0.39, 0.29) is 48.3 Å². The monoisotopic (exact) mass is 745 g/mol. The first-order chi connectivity index (χ1) is 24.9. The van der Waals surface area contributed by atoms with Gasteiger partial charge in [-0.2, -0.15) is 0 Å². The Labute approximate surface area is 317 Å². The summed E-state index contributed by atoms with van der Waals surface area (Å²) in [5.74, 6) is -3.21. The second-order valence-corrected chi connectivity index (χ2v) is 15.6. The number of likely N-dealkylation sites (tertiary alicyclic amines) is 1. The van der Waals surface area contributed by atoms with Gasteiger partial charge in [0, 0.05) is 34.2 Å². The van der Waals surface area contributed by atoms with E-state index in [0.717, 1.165) is 12.0 Å². The molecule has 0 radical (unpaired) electrons. The Morgan fingerprint density at radius 3 is 2.02 bits per heavy atom. The molecule has 1 heterocycles. The van der Waals surface area contributed by atoms with Gasteiger partial charge < -0.3 is 35.0 Å². The van der Waals surface area contributed by atoms with Gasteiger partial charge in [-0.15, -0.1) is 0 Å². The van der Waals surface area contributed by atoms with Gasteiger partial charge in [0.2, 0.25) is 23.6 Å². The molecule has 0 saturated carbocycles. The molecule has 1 aromatic rings. The Morgan fingerprint density at radius 2 is 1.53 bits per heavy atom. The molecule has 3 N–H and O–H groups in total. The van der Waals surface area contributed by atoms with Crippen molar-refractivity contribution in [1.29, 1.82) is 0 Å². The molecule has 0 bridgehead atoms. The van der Waals surface area contributed by atoms with Crippen LogP contribution in [0, 0.1) is 23.7 Å². The molecule has 1 saturated heterocycles. The van der Waals surface area contributed by atoms with Gasteiger partial charge in [0.25, 0.3) is 0 Å². The number of carboxylic acid groups (broad SMARTS) is 1. The predicted octanol–water partition coefficient (Wildman–Crippen LogP) is 3.45. The minimum Gasteiger partial charge on any atom is -0.480 e. The fraction of sp³-hybridized carbons (Fsp3) is 0.725. The Morgan fingerprint density at radius 1 is 0.906 bits per heavy atom. The van der Waals surface area contributed by atoms with E-state index in [0.29, 0.717) is 19.4 Å². The summed E-state index contributed by atoms with van der Waals surface area (Å²) in [6, 6.07) is 5.89. The largest absolute Gasteiger partial charge is 0.480 e. The van der Waals surface area contributed by atoms with Crippen LogP contribution in [0.4, 0.5) is 0 Å². The van der Waals surface area contributed by atoms with Crippen molar-refractivity contribution in [3.05, 3.63) is 35.9 Å². The molecule has 9 atom stereocenters. The summed E-state index contributed by atoms with van der Waals surface area (Å²) in [5, 5.41) is 15.6. The minimum atomic E-state index is -1.14. The molecule has 13 nitrogen and oxygen atoms in total. The number of likely N-dealkylation sites (N-methyl/N-ethyl adjacent to an activating group) is 2. The Kier molecular flexibility index (Phi) is 18.4. The predicted molar refractivity (Wildman–Crippen MR) is 205 cm³/mol. The first-order valence-corrected chi connectivity index (χ1v) is 19.1. The number of benzene rings is 1. The fourth-order valence-electron chi connectivity index (χ4n) is 7.76. The van der Waals surface area contributed by atoms with Crippen LogP contribution in [0.25, 0.3) is 0 Å². The number of carboxylic acids is 1. The highest BCUT2D eigenvalue weighted by atomic mass is 16.5. The van der Waals surface area contributed by atoms with E-state index in [2.05, 4.69) is 10.6 Å². The maximum absolute atomic E-state index is 14.2. The maximum atomic E-state index is 14.2. The zero-order valence-corrected chi connectivity index (χ0v) is 34.1. The summed E-state index contributed by atoms with van der Waals surface area (Å²) in [4.78, 5) is 72.5. The molecule has 1 fully saturated rings. The summed E-state index contributed by atoms with van der Waals surface area (Å²) in [6.45, 7) is 13.9. The number of rotatable bonds is 21. The van der Waals surface area contributed by atoms with Gasteiger partial charge in [-0.3, -0.25) is 24.1 Å². The lowest BCUT2D eigenvalue weighted by molar-refractivity contribution is -0.148. The van der Waals surface area contributed by atoms with Crippen LogP contribution in [0.3, 0.4) is 0 Å². The highest BCUT2D eigenvalue weighted by Gasteiger charge is 2.43. The Balaban J connectivity index is 2.27. The van der Waals surface area contributed by atoms with Crippen molar-refractivity contribution in [2.24, 2.45) is 23.7 Å². The quantitative estimate of drug-likeness (QED) is 0.172. The van der Waals surface area contributed by atoms with Crippen molar-refractivity contribution in [2.45, 2.75) is 123 Å². The number of ether oxygens (including phenoxy) is 2. The summed E-state index contributed by atoms with van der Waals surface area (Å²) in [6.07, 6.45) is 0.820. The van der Waals surface area contributed by atoms with Crippen LogP contribution in [0.15, 0.2) is 30.3 Å². The number of aliphatic carboxylic acids is 1. The molecule has 4 amide bonds. The zero-order chi connectivity index (χ0) is 40.2. The Bertz CT molecular complexity index is 1330. The molecule has 1 aliphatic rings. The average molecular weight is 746 g/mol. The van der Waals surface area contributed by atoms with Gasteiger partial charge in [0.05, 0.1) is 42.7 Å². The minimum absolute atomic E-state index is 0.0104. The van der Waals surface area contributed by atoms with Crippen LogP contribution < -0.4 is 10.6 Å². The van der Waals surface area contributed by atoms with Crippen molar-refractivity contribution in [3.63, 3.8) is 0 Å². The van der Waals surface area contributed by atoms with Crippen LogP contribution in [0.1, 0.15) is 79.7 Å². The summed E-state index contributed by atoms with van der Waals surface area (Å²) >= 11 is 0. The molecule has 0 aromatic heterocycles. The molecule has 2 rings (SSSR count). The highest BCUT2D eigenvalue weighted by Crippen LogP contribution is 2.30. The van der Waals surface area contributed by atoms with E-state index in [1.807, 2.05) is 90.9 Å². The van der Waals surface area contributed by atoms with Gasteiger partial charge in [0.1, 0.15) is 12.1 Å². The van der Waals surface area contributed by atoms with Gasteiger partial charge in [-0.05, 0) is 50.3 Å². The average Bonchev–Trinajstić information content (AvgIpc) is 3.59. The van der Waals surface area contributed by atoms with Gasteiger partial charge >= 0.3 is 5.97 Å². The smallest absolute Gasteiger partial charge is 0.326 e. The second-order valence-electron chi connectivity index (χ2n) is 15.6. The van der Waals surface area contributed by atoms with Gasteiger partial charge in [-0.1, -0.05) is 85.2 Å². The summed E-state index contributed by atoms with van der Waals surface area (Å²) < 4.78 is 11.9. The molecule has 1 aromatic carbocycles. The van der Waals surface area contributed by atoms with E-state index >= 15 is 0 Å². The van der Waals surface area contributed by atoms with E-state index in [4.69, 9.17) is 9.47 Å². The number of hydrogen-bond donors (Lipinski definition) is 3. The summed E-state index contributed by atoms with van der Waals surface area (Å²) in [5.41, 5.74) is 0.785. The van der Waals surface area contributed by atoms with Crippen molar-refractivity contribution < 1.29 is 38.6 Å². The number of amides is 4. The lowest BCUT2D eigenvalue weighted by Crippen LogP contribution is -2.59. The van der Waals surface area contributed by atoms with Crippen LogP contribution in [0.2, 0.25) is 0 Å². The van der Waals surface area contributed by atoms with Crippen LogP contribution >= 0.6 is 0 Å². The molecule has 13 heteroatoms. The fourth-order valence-corrected chi connectivity index (χ4v) is 7.76. The van der Waals surface area contributed by atoms with Crippen molar-refractivity contribution >= 4 is 29.6 Å². The number of carbonyl (C=O) groups excluding carboxylic acids is 4. The van der Waals surface area contributed by atoms with Crippen LogP contribution in [-0.2, 0) is 39.9 Å². The van der Waals surface area contributed by atoms with Gasteiger partial charge in [0.15, 0.2) is 0 Å². The van der Waals surface area contributed by atoms with Crippen LogP contribution in [0.5, 0.6) is 0 Å². The molecule has 0 aliphatic carbocycles. The normalized spacial score (nSPS) is 19.2. The zero-order valence-electron chi connectivity index (χ0n) is 34.1. The van der Waals surface area contributed by atoms with Crippen molar-refractivity contribution in [1.82, 2.24) is 25.3 Å². The highest BCUT2D eigenvalue weighted by molar-refractivity contribution is 5.90. The lowest BCUT2D eigenvalue weighted by Gasteiger charge is -2.41. The van der Waals surface area contributed by atoms with Crippen LogP contribution in [-0.4, -0.2) is 134 Å². The van der Waals surface area contributed by atoms with Gasteiger partial charge in [-0.25, -0.2) is 4.79 Å². The molecular formula is C40H67N5O8. The number of nitrogens with one attached hydrogen (secondary N) is 2. The van der Waals surface area contributed by atoms with E-state index < -0.39 is 60.2 Å². The molecule has 2 unspecified atom stereocenters. The number of nitrogens with zero attached hydrogens (tertiary/aromatic N) is 3. The molecule has 1 aliphatic heterocycles. The Hall–Kier alpha value is -3.55. The molecular weight excluding hydrogens is 678 g/mol. The first-order valence-electron chi connectivity index (χ1n) is 19.1. The van der Waals surface area contributed by atoms with E-state index in [9.17, 15) is 29.1 Å². The number of hydrogen-bond acceptors (Lipinski definition) is 8. The summed E-state index contributed by atoms with van der Waals surface area (Å²) in [7, 11) is 8.44. The van der Waals surface area contributed by atoms with E-state index in [1.165, 1.54) is 14.2 Å². The third kappa shape index (κ3) is 12.2. The third-order valence-electron chi connectivity index (χ3n) is 10.8. The molecule has 0 spiro atoms. The van der Waals surface area contributed by atoms with E-state index in [1.54, 1.807) is 23.8 Å². The van der Waals surface area contributed by atoms with Crippen molar-refractivity contribution in [3.8, 4) is 0 Å². The molecule has 53 heavy (non-hydrogen) atoms. The lowest BCUT2D eigenvalue weighted by atomic mass is 9.89. The SMILES string of the molecule is CC[C@H](C)[C@@H]([C@@H](CC(=O)N1CCC[C@H]1[C@H](OC)[C@@H](C)C(=O)N[C@@H](Cc1ccccc1)C(=O)O)OC)N(C)C(=O)C(NC(=O)C(C(C)C)N(C)C)C(C)C. The van der Waals surface area contributed by atoms with Crippen molar-refractivity contribution in [2.75, 3.05) is 41.9 Å². The topological polar surface area (TPSA) is 158 Å².